The van der Waals surface area contributed by atoms with Gasteiger partial charge in [-0.3, -0.25) is 0 Å². The first-order valence-electron chi connectivity index (χ1n) is 4.92. The van der Waals surface area contributed by atoms with E-state index in [9.17, 15) is 0 Å². The van der Waals surface area contributed by atoms with E-state index in [4.69, 9.17) is 17.3 Å². The molecule has 1 aliphatic rings. The zero-order valence-corrected chi connectivity index (χ0v) is 9.63. The van der Waals surface area contributed by atoms with Gasteiger partial charge >= 0.3 is 0 Å². The number of thiophene rings is 1. The highest BCUT2D eigenvalue weighted by Crippen LogP contribution is 2.30. The number of nitrogens with two attached hydrogens (primary N) is 1. The average Bonchev–Trinajstić information content (AvgIpc) is 2.73. The smallest absolute Gasteiger partial charge is 0.0931 e. The molecule has 1 aromatic rings. The Balaban J connectivity index is 1.63. The quantitative estimate of drug-likeness (QED) is 0.760. The van der Waals surface area contributed by atoms with Gasteiger partial charge in [0.2, 0.25) is 0 Å². The molecule has 1 fully saturated rings. The number of nitrogens with one attached hydrogen (secondary N) is 1. The van der Waals surface area contributed by atoms with Gasteiger partial charge in [0.15, 0.2) is 0 Å². The third-order valence-electron chi connectivity index (χ3n) is 2.55. The van der Waals surface area contributed by atoms with Crippen LogP contribution in [-0.4, -0.2) is 18.6 Å². The van der Waals surface area contributed by atoms with E-state index < -0.39 is 0 Å². The molecule has 0 bridgehead atoms. The first kappa shape index (κ1) is 10.4. The van der Waals surface area contributed by atoms with Crippen molar-refractivity contribution >= 4 is 22.9 Å². The Morgan fingerprint density at radius 1 is 1.50 bits per heavy atom. The Kier molecular flexibility index (Phi) is 3.12. The zero-order chi connectivity index (χ0) is 10.0. The first-order chi connectivity index (χ1) is 6.68. The lowest BCUT2D eigenvalue weighted by atomic mass is 10.3. The van der Waals surface area contributed by atoms with Crippen LogP contribution in [0.1, 0.15) is 17.7 Å². The Hall–Kier alpha value is -0.0900. The molecule has 78 valence electrons. The predicted molar refractivity (Wildman–Crippen MR) is 62.1 cm³/mol. The van der Waals surface area contributed by atoms with E-state index in [-0.39, 0.29) is 5.54 Å². The molecule has 1 heterocycles. The third-order valence-corrected chi connectivity index (χ3v) is 3.84. The Labute approximate surface area is 93.4 Å². The molecule has 0 aliphatic heterocycles. The van der Waals surface area contributed by atoms with Crippen LogP contribution in [0.2, 0.25) is 4.34 Å². The monoisotopic (exact) mass is 230 g/mol. The van der Waals surface area contributed by atoms with Gasteiger partial charge in [-0.15, -0.1) is 11.3 Å². The molecule has 0 unspecified atom stereocenters. The SMILES string of the molecule is NC1(CNCCc2ccc(Cl)s2)CC1. The van der Waals surface area contributed by atoms with Crippen LogP contribution in [0.5, 0.6) is 0 Å². The third kappa shape index (κ3) is 2.95. The van der Waals surface area contributed by atoms with Crippen molar-refractivity contribution in [2.45, 2.75) is 24.8 Å². The largest absolute Gasteiger partial charge is 0.324 e. The molecule has 0 amide bonds. The van der Waals surface area contributed by atoms with E-state index in [1.54, 1.807) is 11.3 Å². The van der Waals surface area contributed by atoms with Gasteiger partial charge in [0.25, 0.3) is 0 Å². The summed E-state index contributed by atoms with van der Waals surface area (Å²) in [5, 5.41) is 3.38. The fourth-order valence-electron chi connectivity index (χ4n) is 1.37. The van der Waals surface area contributed by atoms with Crippen molar-refractivity contribution in [2.75, 3.05) is 13.1 Å². The van der Waals surface area contributed by atoms with Gasteiger partial charge in [-0.05, 0) is 31.4 Å². The van der Waals surface area contributed by atoms with Crippen molar-refractivity contribution in [1.29, 1.82) is 0 Å². The van der Waals surface area contributed by atoms with Crippen molar-refractivity contribution in [1.82, 2.24) is 5.32 Å². The molecular weight excluding hydrogens is 216 g/mol. The maximum atomic E-state index is 5.95. The first-order valence-corrected chi connectivity index (χ1v) is 6.11. The Morgan fingerprint density at radius 2 is 2.29 bits per heavy atom. The molecule has 0 aromatic carbocycles. The van der Waals surface area contributed by atoms with Gasteiger partial charge in [-0.25, -0.2) is 0 Å². The van der Waals surface area contributed by atoms with Crippen LogP contribution < -0.4 is 11.1 Å². The maximum Gasteiger partial charge on any atom is 0.0931 e. The average molecular weight is 231 g/mol. The van der Waals surface area contributed by atoms with Gasteiger partial charge in [0.05, 0.1) is 4.34 Å². The molecule has 2 nitrogen and oxygen atoms in total. The molecule has 2 rings (SSSR count). The molecule has 4 heteroatoms. The van der Waals surface area contributed by atoms with Gasteiger partial charge in [-0.2, -0.15) is 0 Å². The molecule has 0 atom stereocenters. The fraction of sp³-hybridized carbons (Fsp3) is 0.600. The summed E-state index contributed by atoms with van der Waals surface area (Å²) in [7, 11) is 0. The van der Waals surface area contributed by atoms with Crippen molar-refractivity contribution in [3.8, 4) is 0 Å². The standard InChI is InChI=1S/C10H15ClN2S/c11-9-2-1-8(14-9)3-6-13-7-10(12)4-5-10/h1-2,13H,3-7,12H2. The van der Waals surface area contributed by atoms with Crippen molar-refractivity contribution in [3.63, 3.8) is 0 Å². The number of hydrogen-bond donors (Lipinski definition) is 2. The fourth-order valence-corrected chi connectivity index (χ4v) is 2.46. The minimum atomic E-state index is 0.118. The predicted octanol–water partition coefficient (Wildman–Crippen LogP) is 2.02. The minimum absolute atomic E-state index is 0.118. The number of hydrogen-bond acceptors (Lipinski definition) is 3. The molecule has 1 saturated carbocycles. The lowest BCUT2D eigenvalue weighted by molar-refractivity contribution is 0.572. The maximum absolute atomic E-state index is 5.95. The molecule has 1 aliphatic carbocycles. The minimum Gasteiger partial charge on any atom is -0.324 e. The van der Waals surface area contributed by atoms with Crippen LogP contribution >= 0.6 is 22.9 Å². The summed E-state index contributed by atoms with van der Waals surface area (Å²) in [6.07, 6.45) is 3.39. The molecule has 1 aromatic heterocycles. The van der Waals surface area contributed by atoms with Crippen LogP contribution in [0.4, 0.5) is 0 Å². The molecule has 0 spiro atoms. The van der Waals surface area contributed by atoms with Gasteiger partial charge in [0.1, 0.15) is 0 Å². The van der Waals surface area contributed by atoms with Crippen molar-refractivity contribution in [3.05, 3.63) is 21.3 Å². The summed E-state index contributed by atoms with van der Waals surface area (Å²) >= 11 is 7.49. The summed E-state index contributed by atoms with van der Waals surface area (Å²) < 4.78 is 0.873. The van der Waals surface area contributed by atoms with Crippen LogP contribution in [0.15, 0.2) is 12.1 Å². The van der Waals surface area contributed by atoms with E-state index in [2.05, 4.69) is 11.4 Å². The number of rotatable bonds is 5. The highest BCUT2D eigenvalue weighted by Gasteiger charge is 2.37. The van der Waals surface area contributed by atoms with E-state index >= 15 is 0 Å². The lowest BCUT2D eigenvalue weighted by Crippen LogP contribution is -2.36. The summed E-state index contributed by atoms with van der Waals surface area (Å²) in [5.41, 5.74) is 6.07. The summed E-state index contributed by atoms with van der Waals surface area (Å²) in [5.74, 6) is 0. The van der Waals surface area contributed by atoms with Crippen LogP contribution in [0.3, 0.4) is 0 Å². The molecule has 0 saturated heterocycles. The second-order valence-corrected chi connectivity index (χ2v) is 5.79. The molecule has 14 heavy (non-hydrogen) atoms. The second kappa shape index (κ2) is 4.19. The Bertz CT molecular complexity index is 307. The molecule has 0 radical (unpaired) electrons. The molecule has 3 N–H and O–H groups in total. The van der Waals surface area contributed by atoms with Crippen molar-refractivity contribution in [2.24, 2.45) is 5.73 Å². The second-order valence-electron chi connectivity index (χ2n) is 3.99. The van der Waals surface area contributed by atoms with E-state index in [0.717, 1.165) is 23.8 Å². The lowest BCUT2D eigenvalue weighted by Gasteiger charge is -2.09. The van der Waals surface area contributed by atoms with E-state index in [0.29, 0.717) is 0 Å². The molecular formula is C10H15ClN2S. The van der Waals surface area contributed by atoms with Crippen molar-refractivity contribution < 1.29 is 0 Å². The summed E-state index contributed by atoms with van der Waals surface area (Å²) in [6, 6.07) is 4.04. The summed E-state index contributed by atoms with van der Waals surface area (Å²) in [6.45, 7) is 1.95. The normalized spacial score (nSPS) is 18.4. The van der Waals surface area contributed by atoms with Crippen LogP contribution in [0.25, 0.3) is 0 Å². The highest BCUT2D eigenvalue weighted by molar-refractivity contribution is 7.16. The summed E-state index contributed by atoms with van der Waals surface area (Å²) in [4.78, 5) is 1.34. The van der Waals surface area contributed by atoms with Gasteiger partial charge in [0, 0.05) is 23.5 Å². The van der Waals surface area contributed by atoms with Gasteiger partial charge in [-0.1, -0.05) is 11.6 Å². The van der Waals surface area contributed by atoms with Crippen LogP contribution in [-0.2, 0) is 6.42 Å². The van der Waals surface area contributed by atoms with Gasteiger partial charge < -0.3 is 11.1 Å². The Morgan fingerprint density at radius 3 is 2.86 bits per heavy atom. The zero-order valence-electron chi connectivity index (χ0n) is 8.05. The van der Waals surface area contributed by atoms with E-state index in [1.165, 1.54) is 17.7 Å². The highest BCUT2D eigenvalue weighted by atomic mass is 35.5. The number of halogens is 1. The van der Waals surface area contributed by atoms with Crippen LogP contribution in [0, 0.1) is 0 Å². The topological polar surface area (TPSA) is 38.0 Å². The van der Waals surface area contributed by atoms with E-state index in [1.807, 2.05) is 6.07 Å².